The quantitative estimate of drug-likeness (QED) is 0.270. The van der Waals surface area contributed by atoms with E-state index in [2.05, 4.69) is 16.0 Å². The summed E-state index contributed by atoms with van der Waals surface area (Å²) < 4.78 is 3.49. The van der Waals surface area contributed by atoms with Gasteiger partial charge in [0.25, 0.3) is 5.91 Å². The van der Waals surface area contributed by atoms with Gasteiger partial charge in [-0.1, -0.05) is 75.7 Å². The Bertz CT molecular complexity index is 875. The van der Waals surface area contributed by atoms with Crippen LogP contribution in [0.25, 0.3) is 0 Å². The third-order valence-electron chi connectivity index (χ3n) is 3.47. The summed E-state index contributed by atoms with van der Waals surface area (Å²) in [4.78, 5) is 12.2. The van der Waals surface area contributed by atoms with Crippen LogP contribution in [0, 0.1) is 6.92 Å². The molecule has 0 aromatic heterocycles. The first-order valence-electron chi connectivity index (χ1n) is 8.12. The number of rotatable bonds is 6. The second-order valence-electron chi connectivity index (χ2n) is 5.87. The Morgan fingerprint density at radius 3 is 2.34 bits per heavy atom. The Morgan fingerprint density at radius 1 is 1.10 bits per heavy atom. The van der Waals surface area contributed by atoms with E-state index in [0.29, 0.717) is 10.8 Å². The average Bonchev–Trinajstić information content (AvgIpc) is 2.61. The molecule has 0 unspecified atom stereocenters. The summed E-state index contributed by atoms with van der Waals surface area (Å²) >= 11 is 34.9. The summed E-state index contributed by atoms with van der Waals surface area (Å²) in [5, 5.41) is 9.10. The number of carbonyl (C=O) groups is 1. The van der Waals surface area contributed by atoms with Gasteiger partial charge in [0.05, 0.1) is 5.02 Å². The molecule has 0 radical (unpaired) electrons. The lowest BCUT2D eigenvalue weighted by molar-refractivity contribution is -0.123. The first-order chi connectivity index (χ1) is 13.5. The maximum absolute atomic E-state index is 12.2. The van der Waals surface area contributed by atoms with E-state index in [-0.39, 0.29) is 16.7 Å². The molecule has 2 aromatic carbocycles. The van der Waals surface area contributed by atoms with Crippen molar-refractivity contribution in [3.63, 3.8) is 0 Å². The Labute approximate surface area is 198 Å². The SMILES string of the molecule is Cc1ccc(NC(=S)N[C@@H](NC(=O)COc2ccc(Cl)cc2Cl)C(Cl)(Cl)Cl)cc1. The summed E-state index contributed by atoms with van der Waals surface area (Å²) in [6, 6.07) is 12.1. The number of alkyl halides is 3. The van der Waals surface area contributed by atoms with Crippen molar-refractivity contribution in [3.05, 3.63) is 58.1 Å². The zero-order chi connectivity index (χ0) is 21.6. The summed E-state index contributed by atoms with van der Waals surface area (Å²) in [5.74, 6) is -0.265. The number of nitrogens with one attached hydrogen (secondary N) is 3. The molecular weight excluding hydrogens is 500 g/mol. The Kier molecular flexibility index (Phi) is 8.94. The van der Waals surface area contributed by atoms with Gasteiger partial charge in [-0.15, -0.1) is 0 Å². The zero-order valence-electron chi connectivity index (χ0n) is 14.9. The maximum Gasteiger partial charge on any atom is 0.259 e. The van der Waals surface area contributed by atoms with Crippen molar-refractivity contribution in [3.8, 4) is 5.75 Å². The third-order valence-corrected chi connectivity index (χ3v) is 4.88. The lowest BCUT2D eigenvalue weighted by atomic mass is 10.2. The fourth-order valence-electron chi connectivity index (χ4n) is 2.07. The first-order valence-corrected chi connectivity index (χ1v) is 10.4. The van der Waals surface area contributed by atoms with Crippen molar-refractivity contribution in [2.75, 3.05) is 11.9 Å². The van der Waals surface area contributed by atoms with Gasteiger partial charge in [0.1, 0.15) is 11.9 Å². The van der Waals surface area contributed by atoms with Crippen molar-refractivity contribution in [2.24, 2.45) is 0 Å². The van der Waals surface area contributed by atoms with Crippen LogP contribution in [0.5, 0.6) is 5.75 Å². The van der Waals surface area contributed by atoms with E-state index in [9.17, 15) is 4.79 Å². The van der Waals surface area contributed by atoms with Gasteiger partial charge < -0.3 is 20.7 Å². The molecule has 0 spiro atoms. The number of hydrogen-bond acceptors (Lipinski definition) is 3. The van der Waals surface area contributed by atoms with E-state index in [1.54, 1.807) is 12.1 Å². The Morgan fingerprint density at radius 2 is 1.76 bits per heavy atom. The van der Waals surface area contributed by atoms with E-state index in [1.807, 2.05) is 31.2 Å². The molecule has 0 saturated carbocycles. The number of hydrogen-bond donors (Lipinski definition) is 3. The largest absolute Gasteiger partial charge is 0.482 e. The molecule has 2 aromatic rings. The van der Waals surface area contributed by atoms with Gasteiger partial charge in [-0.05, 0) is 49.5 Å². The molecule has 0 saturated heterocycles. The second kappa shape index (κ2) is 10.8. The maximum atomic E-state index is 12.2. The number of ether oxygens (including phenoxy) is 1. The van der Waals surface area contributed by atoms with Crippen LogP contribution in [0.15, 0.2) is 42.5 Å². The Hall–Kier alpha value is -1.15. The predicted octanol–water partition coefficient (Wildman–Crippen LogP) is 5.48. The molecule has 3 N–H and O–H groups in total. The zero-order valence-corrected chi connectivity index (χ0v) is 19.5. The van der Waals surface area contributed by atoms with Crippen molar-refractivity contribution >= 4 is 86.9 Å². The normalized spacial score (nSPS) is 12.1. The van der Waals surface area contributed by atoms with Gasteiger partial charge in [0.2, 0.25) is 3.79 Å². The molecule has 0 bridgehead atoms. The van der Waals surface area contributed by atoms with Crippen LogP contribution in [0.3, 0.4) is 0 Å². The number of anilines is 1. The Balaban J connectivity index is 1.94. The van der Waals surface area contributed by atoms with Crippen LogP contribution >= 0.6 is 70.2 Å². The monoisotopic (exact) mass is 513 g/mol. The van der Waals surface area contributed by atoms with Gasteiger partial charge in [-0.2, -0.15) is 0 Å². The molecule has 5 nitrogen and oxygen atoms in total. The van der Waals surface area contributed by atoms with E-state index in [4.69, 9.17) is 75.0 Å². The molecule has 1 amide bonds. The predicted molar refractivity (Wildman–Crippen MR) is 125 cm³/mol. The number of benzene rings is 2. The molecule has 0 aliphatic heterocycles. The molecule has 0 aliphatic carbocycles. The molecule has 156 valence electrons. The summed E-state index contributed by atoms with van der Waals surface area (Å²) in [7, 11) is 0. The van der Waals surface area contributed by atoms with Gasteiger partial charge >= 0.3 is 0 Å². The van der Waals surface area contributed by atoms with Crippen LogP contribution in [0.1, 0.15) is 5.56 Å². The fraction of sp³-hybridized carbons (Fsp3) is 0.222. The highest BCUT2D eigenvalue weighted by Gasteiger charge is 2.34. The lowest BCUT2D eigenvalue weighted by Crippen LogP contribution is -2.56. The molecule has 1 atom stereocenters. The van der Waals surface area contributed by atoms with Crippen LogP contribution in [-0.2, 0) is 4.79 Å². The minimum absolute atomic E-state index is 0.159. The minimum Gasteiger partial charge on any atom is -0.482 e. The van der Waals surface area contributed by atoms with E-state index in [0.717, 1.165) is 11.3 Å². The van der Waals surface area contributed by atoms with Crippen molar-refractivity contribution in [1.82, 2.24) is 10.6 Å². The van der Waals surface area contributed by atoms with Crippen molar-refractivity contribution in [1.29, 1.82) is 0 Å². The molecule has 0 fully saturated rings. The first kappa shape index (κ1) is 24.1. The van der Waals surface area contributed by atoms with Crippen LogP contribution in [-0.4, -0.2) is 27.6 Å². The number of carbonyl (C=O) groups excluding carboxylic acids is 1. The van der Waals surface area contributed by atoms with Gasteiger partial charge in [-0.25, -0.2) is 0 Å². The molecule has 0 heterocycles. The number of amides is 1. The highest BCUT2D eigenvalue weighted by Crippen LogP contribution is 2.30. The number of halogens is 5. The van der Waals surface area contributed by atoms with Crippen molar-refractivity contribution < 1.29 is 9.53 Å². The number of thiocarbonyl (C=S) groups is 1. The van der Waals surface area contributed by atoms with E-state index < -0.39 is 15.9 Å². The lowest BCUT2D eigenvalue weighted by Gasteiger charge is -2.27. The van der Waals surface area contributed by atoms with Gasteiger partial charge in [0.15, 0.2) is 11.7 Å². The van der Waals surface area contributed by atoms with Crippen molar-refractivity contribution in [2.45, 2.75) is 16.9 Å². The molecule has 0 aliphatic rings. The standard InChI is InChI=1S/C18H16Cl5N3O2S/c1-10-2-5-12(6-3-10)24-17(29)26-16(18(21,22)23)25-15(27)9-28-14-7-4-11(19)8-13(14)20/h2-8,16H,9H2,1H3,(H,25,27)(H2,24,26,29)/t16-/m1/s1. The summed E-state index contributed by atoms with van der Waals surface area (Å²) in [6.07, 6.45) is -1.12. The average molecular weight is 516 g/mol. The van der Waals surface area contributed by atoms with Crippen LogP contribution in [0.4, 0.5) is 5.69 Å². The molecule has 2 rings (SSSR count). The number of aryl methyl sites for hydroxylation is 1. The third kappa shape index (κ3) is 8.24. The fourth-order valence-corrected chi connectivity index (χ4v) is 3.10. The molecule has 29 heavy (non-hydrogen) atoms. The van der Waals surface area contributed by atoms with Crippen LogP contribution < -0.4 is 20.7 Å². The molecular formula is C18H16Cl5N3O2S. The van der Waals surface area contributed by atoms with Gasteiger partial charge in [0, 0.05) is 10.7 Å². The topological polar surface area (TPSA) is 62.4 Å². The van der Waals surface area contributed by atoms with Crippen LogP contribution in [0.2, 0.25) is 10.0 Å². The van der Waals surface area contributed by atoms with E-state index in [1.165, 1.54) is 6.07 Å². The summed E-state index contributed by atoms with van der Waals surface area (Å²) in [5.41, 5.74) is 1.84. The van der Waals surface area contributed by atoms with E-state index >= 15 is 0 Å². The highest BCUT2D eigenvalue weighted by atomic mass is 35.6. The van der Waals surface area contributed by atoms with Gasteiger partial charge in [-0.3, -0.25) is 4.79 Å². The smallest absolute Gasteiger partial charge is 0.259 e. The highest BCUT2D eigenvalue weighted by molar-refractivity contribution is 7.80. The minimum atomic E-state index is -1.88. The molecule has 11 heteroatoms. The summed E-state index contributed by atoms with van der Waals surface area (Å²) in [6.45, 7) is 1.60. The second-order valence-corrected chi connectivity index (χ2v) is 9.49.